The molecule has 1 aliphatic rings. The molecule has 1 unspecified atom stereocenters. The quantitative estimate of drug-likeness (QED) is 0.467. The van der Waals surface area contributed by atoms with Crippen LogP contribution in [0.4, 0.5) is 5.00 Å². The number of carbonyl (C=O) groups excluding carboxylic acids is 1. The first-order chi connectivity index (χ1) is 14.4. The lowest BCUT2D eigenvalue weighted by atomic mass is 9.72. The van der Waals surface area contributed by atoms with Gasteiger partial charge in [-0.2, -0.15) is 5.26 Å². The van der Waals surface area contributed by atoms with E-state index in [0.717, 1.165) is 40.1 Å². The number of anilines is 1. The van der Waals surface area contributed by atoms with Crippen LogP contribution in [0.2, 0.25) is 0 Å². The van der Waals surface area contributed by atoms with Crippen LogP contribution >= 0.6 is 23.1 Å². The molecule has 5 heteroatoms. The molecule has 0 saturated carbocycles. The van der Waals surface area contributed by atoms with Gasteiger partial charge < -0.3 is 5.32 Å². The molecular weight excluding hydrogens is 408 g/mol. The summed E-state index contributed by atoms with van der Waals surface area (Å²) in [6.45, 7) is 6.86. The van der Waals surface area contributed by atoms with Crippen LogP contribution < -0.4 is 5.32 Å². The maximum absolute atomic E-state index is 12.7. The molecule has 3 aromatic rings. The van der Waals surface area contributed by atoms with Crippen molar-refractivity contribution in [3.05, 3.63) is 58.5 Å². The molecule has 0 fully saturated rings. The van der Waals surface area contributed by atoms with Crippen LogP contribution in [0.5, 0.6) is 0 Å². The average Bonchev–Trinajstić information content (AvgIpc) is 3.07. The van der Waals surface area contributed by atoms with E-state index in [1.165, 1.54) is 22.0 Å². The zero-order chi connectivity index (χ0) is 21.3. The van der Waals surface area contributed by atoms with Gasteiger partial charge in [-0.05, 0) is 53.0 Å². The Labute approximate surface area is 186 Å². The zero-order valence-electron chi connectivity index (χ0n) is 17.6. The number of thioether (sulfide) groups is 1. The molecule has 1 amide bonds. The number of nitriles is 1. The van der Waals surface area contributed by atoms with E-state index in [0.29, 0.717) is 17.2 Å². The third-order valence-corrected chi connectivity index (χ3v) is 8.21. The van der Waals surface area contributed by atoms with Crippen molar-refractivity contribution in [3.8, 4) is 6.07 Å². The summed E-state index contributed by atoms with van der Waals surface area (Å²) in [5.74, 6) is 0.877. The SMILES string of the molecule is CC(C)(C)C1CCc2c(sc(NC(=O)CSc3cccc4ccccc34)c2C#N)C1. The summed E-state index contributed by atoms with van der Waals surface area (Å²) in [5.41, 5.74) is 2.08. The summed E-state index contributed by atoms with van der Waals surface area (Å²) in [6.07, 6.45) is 3.03. The van der Waals surface area contributed by atoms with Crippen molar-refractivity contribution < 1.29 is 4.79 Å². The molecule has 1 aliphatic carbocycles. The van der Waals surface area contributed by atoms with Gasteiger partial charge in [-0.1, -0.05) is 57.2 Å². The summed E-state index contributed by atoms with van der Waals surface area (Å²) >= 11 is 3.13. The number of hydrogen-bond acceptors (Lipinski definition) is 4. The Morgan fingerprint density at radius 3 is 2.77 bits per heavy atom. The molecule has 0 radical (unpaired) electrons. The number of fused-ring (bicyclic) bond motifs is 2. The number of thiophene rings is 1. The molecular formula is C25H26N2OS2. The van der Waals surface area contributed by atoms with Crippen LogP contribution in [0.1, 0.15) is 43.2 Å². The molecule has 3 nitrogen and oxygen atoms in total. The van der Waals surface area contributed by atoms with Crippen molar-refractivity contribution in [1.82, 2.24) is 0 Å². The largest absolute Gasteiger partial charge is 0.316 e. The van der Waals surface area contributed by atoms with Crippen LogP contribution in [-0.4, -0.2) is 11.7 Å². The average molecular weight is 435 g/mol. The highest BCUT2D eigenvalue weighted by Crippen LogP contribution is 2.44. The van der Waals surface area contributed by atoms with Gasteiger partial charge in [0.25, 0.3) is 0 Å². The standard InChI is InChI=1S/C25H26N2OS2/c1-25(2,3)17-11-12-19-20(14-26)24(30-22(19)13-17)27-23(28)15-29-21-10-6-8-16-7-4-5-9-18(16)21/h4-10,17H,11-13,15H2,1-3H3,(H,27,28). The molecule has 1 atom stereocenters. The summed E-state index contributed by atoms with van der Waals surface area (Å²) in [6, 6.07) is 16.7. The highest BCUT2D eigenvalue weighted by atomic mass is 32.2. The van der Waals surface area contributed by atoms with Gasteiger partial charge in [-0.3, -0.25) is 4.79 Å². The van der Waals surface area contributed by atoms with E-state index in [9.17, 15) is 10.1 Å². The fourth-order valence-electron chi connectivity index (χ4n) is 4.16. The third kappa shape index (κ3) is 4.26. The second-order valence-electron chi connectivity index (χ2n) is 8.94. The van der Waals surface area contributed by atoms with Gasteiger partial charge in [0.15, 0.2) is 0 Å². The fourth-order valence-corrected chi connectivity index (χ4v) is 6.33. The molecule has 154 valence electrons. The van der Waals surface area contributed by atoms with E-state index in [4.69, 9.17) is 0 Å². The molecule has 1 heterocycles. The van der Waals surface area contributed by atoms with Gasteiger partial charge in [0, 0.05) is 9.77 Å². The second kappa shape index (κ2) is 8.45. The number of rotatable bonds is 4. The Morgan fingerprint density at radius 1 is 1.23 bits per heavy atom. The van der Waals surface area contributed by atoms with Crippen molar-refractivity contribution in [1.29, 1.82) is 5.26 Å². The Morgan fingerprint density at radius 2 is 2.00 bits per heavy atom. The van der Waals surface area contributed by atoms with Crippen molar-refractivity contribution >= 4 is 44.8 Å². The molecule has 4 rings (SSSR count). The third-order valence-electron chi connectivity index (χ3n) is 5.96. The second-order valence-corrected chi connectivity index (χ2v) is 11.1. The molecule has 0 aliphatic heterocycles. The molecule has 0 saturated heterocycles. The molecule has 0 spiro atoms. The van der Waals surface area contributed by atoms with Gasteiger partial charge in [0.05, 0.1) is 11.3 Å². The normalized spacial score (nSPS) is 16.1. The first-order valence-corrected chi connectivity index (χ1v) is 12.1. The molecule has 2 aromatic carbocycles. The lowest BCUT2D eigenvalue weighted by Crippen LogP contribution is -2.26. The highest BCUT2D eigenvalue weighted by molar-refractivity contribution is 8.00. The number of benzene rings is 2. The lowest BCUT2D eigenvalue weighted by molar-refractivity contribution is -0.113. The van der Waals surface area contributed by atoms with E-state index < -0.39 is 0 Å². The highest BCUT2D eigenvalue weighted by Gasteiger charge is 2.32. The molecule has 30 heavy (non-hydrogen) atoms. The summed E-state index contributed by atoms with van der Waals surface area (Å²) in [5, 5.41) is 15.8. The minimum absolute atomic E-state index is 0.0598. The van der Waals surface area contributed by atoms with Crippen LogP contribution in [0, 0.1) is 22.7 Å². The first kappa shape index (κ1) is 21.0. The van der Waals surface area contributed by atoms with Crippen molar-refractivity contribution in [3.63, 3.8) is 0 Å². The van der Waals surface area contributed by atoms with E-state index in [-0.39, 0.29) is 11.3 Å². The fraction of sp³-hybridized carbons (Fsp3) is 0.360. The topological polar surface area (TPSA) is 52.9 Å². The van der Waals surface area contributed by atoms with Gasteiger partial charge in [-0.25, -0.2) is 0 Å². The van der Waals surface area contributed by atoms with Crippen LogP contribution in [0.3, 0.4) is 0 Å². The Balaban J connectivity index is 1.47. The minimum Gasteiger partial charge on any atom is -0.316 e. The number of hydrogen-bond donors (Lipinski definition) is 1. The first-order valence-electron chi connectivity index (χ1n) is 10.3. The van der Waals surface area contributed by atoms with Gasteiger partial charge in [-0.15, -0.1) is 23.1 Å². The zero-order valence-corrected chi connectivity index (χ0v) is 19.3. The molecule has 1 N–H and O–H groups in total. The smallest absolute Gasteiger partial charge is 0.235 e. The van der Waals surface area contributed by atoms with E-state index in [2.05, 4.69) is 56.4 Å². The Hall–Kier alpha value is -2.29. The lowest BCUT2D eigenvalue weighted by Gasteiger charge is -2.33. The van der Waals surface area contributed by atoms with Crippen molar-refractivity contribution in [2.45, 2.75) is 44.9 Å². The van der Waals surface area contributed by atoms with Gasteiger partial charge in [0.1, 0.15) is 11.1 Å². The monoisotopic (exact) mass is 434 g/mol. The van der Waals surface area contributed by atoms with E-state index in [1.54, 1.807) is 11.3 Å². The molecule has 1 aromatic heterocycles. The van der Waals surface area contributed by atoms with Crippen molar-refractivity contribution in [2.24, 2.45) is 11.3 Å². The summed E-state index contributed by atoms with van der Waals surface area (Å²) in [4.78, 5) is 15.1. The van der Waals surface area contributed by atoms with E-state index in [1.807, 2.05) is 18.2 Å². The minimum atomic E-state index is -0.0598. The number of nitrogens with one attached hydrogen (secondary N) is 1. The maximum Gasteiger partial charge on any atom is 0.235 e. The number of nitrogens with zero attached hydrogens (tertiary/aromatic N) is 1. The van der Waals surface area contributed by atoms with Crippen molar-refractivity contribution in [2.75, 3.05) is 11.1 Å². The van der Waals surface area contributed by atoms with Gasteiger partial charge in [0.2, 0.25) is 5.91 Å². The Kier molecular flexibility index (Phi) is 5.90. The van der Waals surface area contributed by atoms with Crippen LogP contribution in [-0.2, 0) is 17.6 Å². The predicted octanol–water partition coefficient (Wildman–Crippen LogP) is 6.65. The van der Waals surface area contributed by atoms with Crippen LogP contribution in [0.25, 0.3) is 10.8 Å². The number of carbonyl (C=O) groups is 1. The van der Waals surface area contributed by atoms with Gasteiger partial charge >= 0.3 is 0 Å². The molecule has 0 bridgehead atoms. The number of amides is 1. The predicted molar refractivity (Wildman–Crippen MR) is 127 cm³/mol. The maximum atomic E-state index is 12.7. The van der Waals surface area contributed by atoms with Crippen LogP contribution in [0.15, 0.2) is 47.4 Å². The summed E-state index contributed by atoms with van der Waals surface area (Å²) in [7, 11) is 0. The Bertz CT molecular complexity index is 1130. The summed E-state index contributed by atoms with van der Waals surface area (Å²) < 4.78 is 0. The van der Waals surface area contributed by atoms with E-state index >= 15 is 0 Å².